The molecule has 0 aromatic carbocycles. The van der Waals surface area contributed by atoms with Crippen LogP contribution in [-0.2, 0) is 9.59 Å². The van der Waals surface area contributed by atoms with Gasteiger partial charge in [0, 0.05) is 4.88 Å². The Balaban J connectivity index is 1.76. The zero-order valence-electron chi connectivity index (χ0n) is 11.2. The van der Waals surface area contributed by atoms with E-state index in [-0.39, 0.29) is 36.0 Å². The summed E-state index contributed by atoms with van der Waals surface area (Å²) in [5.74, 6) is -1.05. The normalized spacial score (nSPS) is 25.1. The molecule has 0 N–H and O–H groups in total. The third kappa shape index (κ3) is 2.12. The molecule has 104 valence electrons. The number of likely N-dealkylation sites (tertiary alicyclic amines) is 1. The third-order valence-corrected chi connectivity index (χ3v) is 4.96. The Morgan fingerprint density at radius 1 is 1.20 bits per heavy atom. The number of Topliss-reactive ketones (excluding diaryl/α,β-unsaturated/α-hetero) is 1. The summed E-state index contributed by atoms with van der Waals surface area (Å²) in [7, 11) is 0. The largest absolute Gasteiger partial charge is 0.291 e. The van der Waals surface area contributed by atoms with Gasteiger partial charge in [-0.1, -0.05) is 12.2 Å². The fraction of sp³-hybridized carbons (Fsp3) is 0.400. The van der Waals surface area contributed by atoms with Gasteiger partial charge < -0.3 is 0 Å². The van der Waals surface area contributed by atoms with Crippen molar-refractivity contribution in [1.29, 1.82) is 0 Å². The van der Waals surface area contributed by atoms with E-state index in [2.05, 4.69) is 0 Å². The van der Waals surface area contributed by atoms with Gasteiger partial charge in [-0.25, -0.2) is 0 Å². The average Bonchev–Trinajstić information content (AvgIpc) is 2.98. The molecule has 1 aromatic rings. The van der Waals surface area contributed by atoms with E-state index < -0.39 is 0 Å². The van der Waals surface area contributed by atoms with Crippen LogP contribution >= 0.6 is 11.3 Å². The smallest absolute Gasteiger partial charge is 0.233 e. The highest BCUT2D eigenvalue weighted by atomic mass is 32.1. The molecule has 1 aliphatic carbocycles. The van der Waals surface area contributed by atoms with Crippen LogP contribution in [0, 0.1) is 18.8 Å². The van der Waals surface area contributed by atoms with Crippen molar-refractivity contribution < 1.29 is 14.4 Å². The number of thiophene rings is 1. The summed E-state index contributed by atoms with van der Waals surface area (Å²) in [6.45, 7) is 1.80. The molecule has 1 saturated heterocycles. The number of fused-ring (bicyclic) bond motifs is 1. The number of allylic oxidation sites excluding steroid dienone is 2. The summed E-state index contributed by atoms with van der Waals surface area (Å²) >= 11 is 1.40. The summed E-state index contributed by atoms with van der Waals surface area (Å²) < 4.78 is 0. The van der Waals surface area contributed by atoms with E-state index in [0.29, 0.717) is 17.7 Å². The maximum Gasteiger partial charge on any atom is 0.233 e. The van der Waals surface area contributed by atoms with E-state index in [1.165, 1.54) is 11.3 Å². The van der Waals surface area contributed by atoms with Crippen molar-refractivity contribution in [3.8, 4) is 0 Å². The van der Waals surface area contributed by atoms with Crippen LogP contribution in [-0.4, -0.2) is 29.0 Å². The highest BCUT2D eigenvalue weighted by Gasteiger charge is 2.47. The monoisotopic (exact) mass is 289 g/mol. The lowest BCUT2D eigenvalue weighted by Crippen LogP contribution is -2.35. The second kappa shape index (κ2) is 4.98. The summed E-state index contributed by atoms with van der Waals surface area (Å²) in [5.41, 5.74) is 0. The standard InChI is InChI=1S/C15H15NO3S/c1-9-6-7-13(20-9)12(17)8-16-14(18)10-4-2-3-5-11(10)15(16)19/h2-3,6-7,10-11H,4-5,8H2,1H3/t10-,11+. The first-order chi connectivity index (χ1) is 9.58. The molecule has 0 bridgehead atoms. The number of aryl methyl sites for hydroxylation is 1. The minimum Gasteiger partial charge on any atom is -0.291 e. The first-order valence-corrected chi connectivity index (χ1v) is 7.49. The first kappa shape index (κ1) is 13.2. The summed E-state index contributed by atoms with van der Waals surface area (Å²) in [6, 6.07) is 3.62. The predicted octanol–water partition coefficient (Wildman–Crippen LogP) is 2.19. The molecule has 2 aliphatic rings. The van der Waals surface area contributed by atoms with Gasteiger partial charge in [0.05, 0.1) is 23.3 Å². The Hall–Kier alpha value is -1.75. The van der Waals surface area contributed by atoms with Crippen molar-refractivity contribution in [2.45, 2.75) is 19.8 Å². The molecule has 0 spiro atoms. The molecule has 0 radical (unpaired) electrons. The molecule has 2 heterocycles. The van der Waals surface area contributed by atoms with Crippen LogP contribution in [0.15, 0.2) is 24.3 Å². The van der Waals surface area contributed by atoms with Gasteiger partial charge in [-0.3, -0.25) is 19.3 Å². The van der Waals surface area contributed by atoms with Crippen molar-refractivity contribution in [3.63, 3.8) is 0 Å². The number of amides is 2. The Labute approximate surface area is 121 Å². The van der Waals surface area contributed by atoms with Crippen LogP contribution in [0.4, 0.5) is 0 Å². The molecule has 0 saturated carbocycles. The van der Waals surface area contributed by atoms with E-state index in [1.54, 1.807) is 6.07 Å². The van der Waals surface area contributed by atoms with Gasteiger partial charge in [0.15, 0.2) is 5.78 Å². The maximum atomic E-state index is 12.2. The van der Waals surface area contributed by atoms with Gasteiger partial charge in [0.25, 0.3) is 0 Å². The number of hydrogen-bond donors (Lipinski definition) is 0. The van der Waals surface area contributed by atoms with Gasteiger partial charge >= 0.3 is 0 Å². The minimum absolute atomic E-state index is 0.120. The zero-order valence-corrected chi connectivity index (χ0v) is 12.0. The van der Waals surface area contributed by atoms with Gasteiger partial charge in [-0.2, -0.15) is 0 Å². The van der Waals surface area contributed by atoms with Gasteiger partial charge in [0.1, 0.15) is 0 Å². The van der Waals surface area contributed by atoms with Crippen molar-refractivity contribution in [1.82, 2.24) is 4.90 Å². The van der Waals surface area contributed by atoms with Crippen molar-refractivity contribution in [3.05, 3.63) is 34.0 Å². The van der Waals surface area contributed by atoms with Crippen LogP contribution in [0.3, 0.4) is 0 Å². The SMILES string of the molecule is Cc1ccc(C(=O)CN2C(=O)[C@H]3CC=CC[C@H]3C2=O)s1. The lowest BCUT2D eigenvalue weighted by Gasteiger charge is -2.14. The molecule has 2 atom stereocenters. The highest BCUT2D eigenvalue weighted by molar-refractivity contribution is 7.14. The van der Waals surface area contributed by atoms with Crippen LogP contribution < -0.4 is 0 Å². The van der Waals surface area contributed by atoms with Gasteiger partial charge in [0.2, 0.25) is 11.8 Å². The first-order valence-electron chi connectivity index (χ1n) is 6.68. The second-order valence-corrected chi connectivity index (χ2v) is 6.54. The molecule has 1 aromatic heterocycles. The summed E-state index contributed by atoms with van der Waals surface area (Å²) in [5, 5.41) is 0. The van der Waals surface area contributed by atoms with Crippen LogP contribution in [0.5, 0.6) is 0 Å². The Kier molecular flexibility index (Phi) is 3.30. The van der Waals surface area contributed by atoms with E-state index in [9.17, 15) is 14.4 Å². The lowest BCUT2D eigenvalue weighted by molar-refractivity contribution is -0.139. The number of carbonyl (C=O) groups is 3. The zero-order chi connectivity index (χ0) is 14.3. The lowest BCUT2D eigenvalue weighted by atomic mass is 9.85. The number of hydrogen-bond acceptors (Lipinski definition) is 4. The van der Waals surface area contributed by atoms with E-state index >= 15 is 0 Å². The van der Waals surface area contributed by atoms with Crippen LogP contribution in [0.25, 0.3) is 0 Å². The predicted molar refractivity (Wildman–Crippen MR) is 75.5 cm³/mol. The van der Waals surface area contributed by atoms with E-state index in [0.717, 1.165) is 9.78 Å². The second-order valence-electron chi connectivity index (χ2n) is 5.25. The van der Waals surface area contributed by atoms with Crippen molar-refractivity contribution in [2.24, 2.45) is 11.8 Å². The minimum atomic E-state index is -0.259. The molecular formula is C15H15NO3S. The molecule has 0 unspecified atom stereocenters. The number of rotatable bonds is 3. The number of nitrogens with zero attached hydrogens (tertiary/aromatic N) is 1. The molecule has 4 nitrogen and oxygen atoms in total. The van der Waals surface area contributed by atoms with E-state index in [4.69, 9.17) is 0 Å². The van der Waals surface area contributed by atoms with Crippen LogP contribution in [0.2, 0.25) is 0 Å². The number of ketones is 1. The number of carbonyl (C=O) groups excluding carboxylic acids is 3. The molecule has 1 aliphatic heterocycles. The Morgan fingerprint density at radius 3 is 2.30 bits per heavy atom. The third-order valence-electron chi connectivity index (χ3n) is 3.92. The van der Waals surface area contributed by atoms with Gasteiger partial charge in [-0.05, 0) is 31.9 Å². The van der Waals surface area contributed by atoms with E-state index in [1.807, 2.05) is 25.1 Å². The van der Waals surface area contributed by atoms with Gasteiger partial charge in [-0.15, -0.1) is 11.3 Å². The van der Waals surface area contributed by atoms with Crippen molar-refractivity contribution >= 4 is 28.9 Å². The summed E-state index contributed by atoms with van der Waals surface area (Å²) in [4.78, 5) is 39.5. The molecule has 2 amide bonds. The molecular weight excluding hydrogens is 274 g/mol. The topological polar surface area (TPSA) is 54.5 Å². The quantitative estimate of drug-likeness (QED) is 0.487. The Morgan fingerprint density at radius 2 is 1.80 bits per heavy atom. The fourth-order valence-electron chi connectivity index (χ4n) is 2.83. The maximum absolute atomic E-state index is 12.2. The fourth-order valence-corrected chi connectivity index (χ4v) is 3.63. The number of imide groups is 1. The van der Waals surface area contributed by atoms with Crippen LogP contribution in [0.1, 0.15) is 27.4 Å². The molecule has 5 heteroatoms. The molecule has 1 fully saturated rings. The highest BCUT2D eigenvalue weighted by Crippen LogP contribution is 2.35. The van der Waals surface area contributed by atoms with Crippen molar-refractivity contribution in [2.75, 3.05) is 6.54 Å². The average molecular weight is 289 g/mol. The molecule has 3 rings (SSSR count). The Bertz CT molecular complexity index is 590. The molecule has 20 heavy (non-hydrogen) atoms. The summed E-state index contributed by atoms with van der Waals surface area (Å²) in [6.07, 6.45) is 5.11.